The maximum Gasteiger partial charge on any atom is 0.255 e. The predicted octanol–water partition coefficient (Wildman–Crippen LogP) is 4.57. The maximum atomic E-state index is 12.7. The summed E-state index contributed by atoms with van der Waals surface area (Å²) in [5, 5.41) is 6.19. The van der Waals surface area contributed by atoms with Crippen molar-refractivity contribution in [2.24, 2.45) is 0 Å². The fraction of sp³-hybridized carbons (Fsp3) is 0.182. The Balaban J connectivity index is 1.72. The van der Waals surface area contributed by atoms with Gasteiger partial charge in [0, 0.05) is 18.3 Å². The molecule has 3 aromatic rings. The summed E-state index contributed by atoms with van der Waals surface area (Å²) in [6.45, 7) is 4.69. The lowest BCUT2D eigenvalue weighted by Gasteiger charge is -2.12. The van der Waals surface area contributed by atoms with Gasteiger partial charge >= 0.3 is 0 Å². The molecule has 0 spiro atoms. The lowest BCUT2D eigenvalue weighted by atomic mass is 10.1. The normalized spacial score (nSPS) is 10.3. The van der Waals surface area contributed by atoms with Gasteiger partial charge in [0.05, 0.1) is 12.8 Å². The van der Waals surface area contributed by atoms with Crippen molar-refractivity contribution in [2.75, 3.05) is 17.7 Å². The Hall–Kier alpha value is -3.34. The molecule has 0 unspecified atom stereocenters. The molecule has 138 valence electrons. The third-order valence-corrected chi connectivity index (χ3v) is 4.35. The van der Waals surface area contributed by atoms with E-state index in [0.717, 1.165) is 5.56 Å². The average molecular weight is 361 g/mol. The molecule has 0 aliphatic carbocycles. The van der Waals surface area contributed by atoms with E-state index in [2.05, 4.69) is 34.7 Å². The molecule has 3 rings (SSSR count). The number of aromatic nitrogens is 1. The minimum absolute atomic E-state index is 0.208. The van der Waals surface area contributed by atoms with Crippen molar-refractivity contribution in [3.05, 3.63) is 83.0 Å². The second kappa shape index (κ2) is 8.36. The highest BCUT2D eigenvalue weighted by Crippen LogP contribution is 2.26. The molecule has 0 saturated heterocycles. The fourth-order valence-corrected chi connectivity index (χ4v) is 2.78. The first-order valence-electron chi connectivity index (χ1n) is 8.77. The van der Waals surface area contributed by atoms with Crippen LogP contribution in [0.5, 0.6) is 5.75 Å². The lowest BCUT2D eigenvalue weighted by Crippen LogP contribution is -2.13. The number of benzene rings is 2. The third-order valence-electron chi connectivity index (χ3n) is 4.35. The van der Waals surface area contributed by atoms with Crippen LogP contribution in [0.4, 0.5) is 11.5 Å². The molecule has 0 atom stereocenters. The quantitative estimate of drug-likeness (QED) is 0.675. The Morgan fingerprint density at radius 2 is 1.89 bits per heavy atom. The lowest BCUT2D eigenvalue weighted by molar-refractivity contribution is 0.102. The van der Waals surface area contributed by atoms with Crippen LogP contribution in [0, 0.1) is 13.8 Å². The van der Waals surface area contributed by atoms with Gasteiger partial charge in [0.2, 0.25) is 0 Å². The second-order valence-electron chi connectivity index (χ2n) is 6.37. The average Bonchev–Trinajstić information content (AvgIpc) is 2.68. The van der Waals surface area contributed by atoms with Gasteiger partial charge in [-0.1, -0.05) is 30.3 Å². The number of ether oxygens (including phenoxy) is 1. The highest BCUT2D eigenvalue weighted by molar-refractivity contribution is 6.05. The molecular weight excluding hydrogens is 338 g/mol. The number of hydrogen-bond acceptors (Lipinski definition) is 4. The van der Waals surface area contributed by atoms with E-state index in [-0.39, 0.29) is 5.91 Å². The first-order valence-corrected chi connectivity index (χ1v) is 8.77. The monoisotopic (exact) mass is 361 g/mol. The first kappa shape index (κ1) is 18.5. The topological polar surface area (TPSA) is 63.2 Å². The summed E-state index contributed by atoms with van der Waals surface area (Å²) in [5.74, 6) is 1.07. The number of nitrogens with zero attached hydrogens (tertiary/aromatic N) is 1. The number of carbonyl (C=O) groups is 1. The van der Waals surface area contributed by atoms with E-state index in [1.54, 1.807) is 25.4 Å². The highest BCUT2D eigenvalue weighted by atomic mass is 16.5. The molecule has 0 aliphatic rings. The van der Waals surface area contributed by atoms with Gasteiger partial charge in [0.1, 0.15) is 11.6 Å². The van der Waals surface area contributed by atoms with Gasteiger partial charge in [-0.25, -0.2) is 4.98 Å². The van der Waals surface area contributed by atoms with E-state index in [9.17, 15) is 4.79 Å². The van der Waals surface area contributed by atoms with E-state index < -0.39 is 0 Å². The van der Waals surface area contributed by atoms with Crippen molar-refractivity contribution in [3.8, 4) is 5.75 Å². The van der Waals surface area contributed by atoms with Crippen molar-refractivity contribution < 1.29 is 9.53 Å². The van der Waals surface area contributed by atoms with Crippen LogP contribution in [0.3, 0.4) is 0 Å². The van der Waals surface area contributed by atoms with Crippen LogP contribution < -0.4 is 15.4 Å². The van der Waals surface area contributed by atoms with Crippen LogP contribution >= 0.6 is 0 Å². The largest absolute Gasteiger partial charge is 0.495 e. The zero-order valence-electron chi connectivity index (χ0n) is 15.7. The Morgan fingerprint density at radius 1 is 1.07 bits per heavy atom. The van der Waals surface area contributed by atoms with Crippen molar-refractivity contribution in [2.45, 2.75) is 20.4 Å². The minimum atomic E-state index is -0.208. The number of hydrogen-bond donors (Lipinski definition) is 2. The number of amides is 1. The van der Waals surface area contributed by atoms with Crippen molar-refractivity contribution >= 4 is 17.4 Å². The summed E-state index contributed by atoms with van der Waals surface area (Å²) in [7, 11) is 1.58. The predicted molar refractivity (Wildman–Crippen MR) is 108 cm³/mol. The van der Waals surface area contributed by atoms with Crippen LogP contribution in [-0.2, 0) is 6.54 Å². The smallest absolute Gasteiger partial charge is 0.255 e. The molecule has 2 aromatic carbocycles. The molecule has 1 heterocycles. The van der Waals surface area contributed by atoms with Crippen LogP contribution in [0.2, 0.25) is 0 Å². The summed E-state index contributed by atoms with van der Waals surface area (Å²) in [6.07, 6.45) is 1.63. The summed E-state index contributed by atoms with van der Waals surface area (Å²) >= 11 is 0. The number of rotatable bonds is 6. The number of aryl methyl sites for hydroxylation is 2. The zero-order valence-corrected chi connectivity index (χ0v) is 15.7. The third kappa shape index (κ3) is 4.64. The van der Waals surface area contributed by atoms with Crippen LogP contribution in [-0.4, -0.2) is 18.0 Å². The molecule has 0 bridgehead atoms. The molecule has 2 N–H and O–H groups in total. The standard InChI is InChI=1S/C22H23N3O2/c1-15-8-9-20(27-3)19(12-15)25-22(26)17-10-11-23-21(13-17)24-14-18-7-5-4-6-16(18)2/h4-13H,14H2,1-3H3,(H,23,24)(H,25,26). The molecule has 0 saturated carbocycles. The van der Waals surface area contributed by atoms with Gasteiger partial charge < -0.3 is 15.4 Å². The molecular formula is C22H23N3O2. The Kier molecular flexibility index (Phi) is 5.71. The van der Waals surface area contributed by atoms with Gasteiger partial charge in [0.25, 0.3) is 5.91 Å². The maximum absolute atomic E-state index is 12.7. The van der Waals surface area contributed by atoms with Gasteiger partial charge in [-0.3, -0.25) is 4.79 Å². The number of pyridine rings is 1. The number of carbonyl (C=O) groups excluding carboxylic acids is 1. The zero-order chi connectivity index (χ0) is 19.2. The molecule has 5 heteroatoms. The molecule has 1 amide bonds. The van der Waals surface area contributed by atoms with Gasteiger partial charge in [-0.15, -0.1) is 0 Å². The molecule has 1 aromatic heterocycles. The molecule has 0 aliphatic heterocycles. The van der Waals surface area contributed by atoms with E-state index in [4.69, 9.17) is 4.74 Å². The van der Waals surface area contributed by atoms with Crippen molar-refractivity contribution in [1.82, 2.24) is 4.98 Å². The van der Waals surface area contributed by atoms with Gasteiger partial charge in [-0.2, -0.15) is 0 Å². The van der Waals surface area contributed by atoms with Crippen molar-refractivity contribution in [1.29, 1.82) is 0 Å². The van der Waals surface area contributed by atoms with E-state index in [1.807, 2.05) is 37.3 Å². The van der Waals surface area contributed by atoms with Gasteiger partial charge in [0.15, 0.2) is 0 Å². The minimum Gasteiger partial charge on any atom is -0.495 e. The SMILES string of the molecule is COc1ccc(C)cc1NC(=O)c1ccnc(NCc2ccccc2C)c1. The number of nitrogens with one attached hydrogen (secondary N) is 2. The molecule has 27 heavy (non-hydrogen) atoms. The summed E-state index contributed by atoms with van der Waals surface area (Å²) in [6, 6.07) is 17.3. The highest BCUT2D eigenvalue weighted by Gasteiger charge is 2.11. The second-order valence-corrected chi connectivity index (χ2v) is 6.37. The summed E-state index contributed by atoms with van der Waals surface area (Å²) < 4.78 is 5.32. The summed E-state index contributed by atoms with van der Waals surface area (Å²) in [4.78, 5) is 17.0. The number of anilines is 2. The van der Waals surface area contributed by atoms with Crippen LogP contribution in [0.25, 0.3) is 0 Å². The summed E-state index contributed by atoms with van der Waals surface area (Å²) in [5.41, 5.74) is 4.63. The Bertz CT molecular complexity index is 954. The van der Waals surface area contributed by atoms with E-state index in [0.29, 0.717) is 29.4 Å². The van der Waals surface area contributed by atoms with E-state index in [1.165, 1.54) is 11.1 Å². The Labute approximate surface area is 159 Å². The molecule has 0 radical (unpaired) electrons. The Morgan fingerprint density at radius 3 is 2.67 bits per heavy atom. The van der Waals surface area contributed by atoms with E-state index >= 15 is 0 Å². The number of methoxy groups -OCH3 is 1. The first-order chi connectivity index (χ1) is 13.1. The van der Waals surface area contributed by atoms with Crippen LogP contribution in [0.15, 0.2) is 60.8 Å². The van der Waals surface area contributed by atoms with Crippen LogP contribution in [0.1, 0.15) is 27.0 Å². The molecule has 0 fully saturated rings. The van der Waals surface area contributed by atoms with Crippen molar-refractivity contribution in [3.63, 3.8) is 0 Å². The molecule has 5 nitrogen and oxygen atoms in total. The van der Waals surface area contributed by atoms with Gasteiger partial charge in [-0.05, 0) is 54.8 Å². The fourth-order valence-electron chi connectivity index (χ4n) is 2.78.